The molecular weight excluding hydrogens is 432 g/mol. The van der Waals surface area contributed by atoms with Crippen LogP contribution in [-0.4, -0.2) is 50.4 Å². The maximum Gasteiger partial charge on any atom is 0.164 e. The average Bonchev–Trinajstić information content (AvgIpc) is 3.18. The number of nitrogens with zero attached hydrogens (tertiary/aromatic N) is 2. The Kier molecular flexibility index (Phi) is 4.88. The van der Waals surface area contributed by atoms with Gasteiger partial charge in [-0.25, -0.2) is 8.42 Å². The molecule has 0 aliphatic carbocycles. The van der Waals surface area contributed by atoms with Crippen LogP contribution in [0.5, 0.6) is 11.5 Å². The highest BCUT2D eigenvalue weighted by Gasteiger charge is 2.47. The standard InChI is InChI=1S/C20H19ClN2O4S2/c21-14-3-1-13(2-4-14)10-28-20-22-16-11-29(24,25)12-17(16)23(20)15-5-6-18-19(9-15)27-8-7-26-18/h1-6,9,16-17H,7-8,10-12H2/t16-,17+/m1/s1. The predicted octanol–water partition coefficient (Wildman–Crippen LogP) is 3.39. The summed E-state index contributed by atoms with van der Waals surface area (Å²) in [6.45, 7) is 1.03. The van der Waals surface area contributed by atoms with E-state index < -0.39 is 9.84 Å². The van der Waals surface area contributed by atoms with Crippen LogP contribution in [0.25, 0.3) is 0 Å². The number of aliphatic imine (C=N–C) groups is 1. The van der Waals surface area contributed by atoms with Crippen molar-refractivity contribution in [2.24, 2.45) is 4.99 Å². The maximum absolute atomic E-state index is 12.2. The van der Waals surface area contributed by atoms with Crippen molar-refractivity contribution in [2.75, 3.05) is 29.6 Å². The number of thioether (sulfide) groups is 1. The zero-order chi connectivity index (χ0) is 20.0. The number of ether oxygens (including phenoxy) is 2. The Balaban J connectivity index is 1.44. The first-order valence-corrected chi connectivity index (χ1v) is 12.5. The minimum atomic E-state index is -3.09. The van der Waals surface area contributed by atoms with Crippen molar-refractivity contribution >= 4 is 44.1 Å². The molecule has 0 radical (unpaired) electrons. The SMILES string of the molecule is O=S1(=O)C[C@H]2N=C(SCc3ccc(Cl)cc3)N(c3ccc4c(c3)OCCO4)[C@H]2C1. The van der Waals surface area contributed by atoms with Crippen molar-refractivity contribution in [1.82, 2.24) is 0 Å². The molecule has 0 N–H and O–H groups in total. The van der Waals surface area contributed by atoms with E-state index in [1.807, 2.05) is 47.4 Å². The van der Waals surface area contributed by atoms with E-state index in [-0.39, 0.29) is 23.6 Å². The number of anilines is 1. The van der Waals surface area contributed by atoms with E-state index in [1.54, 1.807) is 11.8 Å². The van der Waals surface area contributed by atoms with Gasteiger partial charge in [-0.05, 0) is 29.8 Å². The van der Waals surface area contributed by atoms with Crippen molar-refractivity contribution in [1.29, 1.82) is 0 Å². The summed E-state index contributed by atoms with van der Waals surface area (Å²) >= 11 is 7.58. The van der Waals surface area contributed by atoms with E-state index in [2.05, 4.69) is 0 Å². The number of amidine groups is 1. The van der Waals surface area contributed by atoms with Crippen LogP contribution in [0.2, 0.25) is 5.02 Å². The predicted molar refractivity (Wildman–Crippen MR) is 116 cm³/mol. The van der Waals surface area contributed by atoms with Gasteiger partial charge in [0.25, 0.3) is 0 Å². The lowest BCUT2D eigenvalue weighted by atomic mass is 10.1. The van der Waals surface area contributed by atoms with Gasteiger partial charge in [-0.1, -0.05) is 35.5 Å². The third-order valence-corrected chi connectivity index (χ3v) is 8.18. The average molecular weight is 451 g/mol. The smallest absolute Gasteiger partial charge is 0.164 e. The molecule has 0 unspecified atom stereocenters. The second-order valence-corrected chi connectivity index (χ2v) is 10.8. The lowest BCUT2D eigenvalue weighted by molar-refractivity contribution is 0.171. The molecule has 3 aliphatic heterocycles. The summed E-state index contributed by atoms with van der Waals surface area (Å²) in [7, 11) is -3.09. The zero-order valence-corrected chi connectivity index (χ0v) is 17.8. The largest absolute Gasteiger partial charge is 0.486 e. The Hall–Kier alpha value is -1.90. The van der Waals surface area contributed by atoms with Gasteiger partial charge in [0.15, 0.2) is 26.5 Å². The highest BCUT2D eigenvalue weighted by molar-refractivity contribution is 8.13. The normalized spacial score (nSPS) is 24.3. The van der Waals surface area contributed by atoms with Gasteiger partial charge in [0.2, 0.25) is 0 Å². The fourth-order valence-electron chi connectivity index (χ4n) is 3.85. The van der Waals surface area contributed by atoms with Crippen molar-refractivity contribution in [2.45, 2.75) is 17.8 Å². The van der Waals surface area contributed by atoms with Crippen LogP contribution in [0.4, 0.5) is 5.69 Å². The number of hydrogen-bond donors (Lipinski definition) is 0. The van der Waals surface area contributed by atoms with Gasteiger partial charge in [-0.2, -0.15) is 0 Å². The summed E-state index contributed by atoms with van der Waals surface area (Å²) < 4.78 is 35.8. The van der Waals surface area contributed by atoms with Crippen LogP contribution in [-0.2, 0) is 15.6 Å². The van der Waals surface area contributed by atoms with Gasteiger partial charge in [0, 0.05) is 22.5 Å². The second-order valence-electron chi connectivity index (χ2n) is 7.24. The fourth-order valence-corrected chi connectivity index (χ4v) is 6.89. The molecule has 152 valence electrons. The molecule has 0 amide bonds. The van der Waals surface area contributed by atoms with Gasteiger partial charge < -0.3 is 14.4 Å². The van der Waals surface area contributed by atoms with E-state index in [0.717, 1.165) is 22.2 Å². The van der Waals surface area contributed by atoms with Gasteiger partial charge in [0.1, 0.15) is 13.2 Å². The molecule has 0 aromatic heterocycles. The molecule has 0 saturated carbocycles. The molecule has 6 nitrogen and oxygen atoms in total. The fraction of sp³-hybridized carbons (Fsp3) is 0.350. The quantitative estimate of drug-likeness (QED) is 0.714. The van der Waals surface area contributed by atoms with E-state index in [9.17, 15) is 8.42 Å². The van der Waals surface area contributed by atoms with Crippen molar-refractivity contribution < 1.29 is 17.9 Å². The number of rotatable bonds is 3. The highest BCUT2D eigenvalue weighted by atomic mass is 35.5. The lowest BCUT2D eigenvalue weighted by Gasteiger charge is -2.28. The minimum absolute atomic E-state index is 0.101. The number of benzene rings is 2. The van der Waals surface area contributed by atoms with Gasteiger partial charge in [-0.15, -0.1) is 0 Å². The molecule has 3 aliphatic rings. The third-order valence-electron chi connectivity index (χ3n) is 5.19. The first-order chi connectivity index (χ1) is 14.0. The third kappa shape index (κ3) is 3.81. The summed E-state index contributed by atoms with van der Waals surface area (Å²) in [5.74, 6) is 2.33. The van der Waals surface area contributed by atoms with Crippen LogP contribution in [0, 0.1) is 0 Å². The summed E-state index contributed by atoms with van der Waals surface area (Å²) in [6, 6.07) is 13.0. The Bertz CT molecular complexity index is 1070. The van der Waals surface area contributed by atoms with Crippen molar-refractivity contribution in [3.05, 3.63) is 53.1 Å². The Morgan fingerprint density at radius 1 is 1.07 bits per heavy atom. The number of halogens is 1. The van der Waals surface area contributed by atoms with Crippen molar-refractivity contribution in [3.8, 4) is 11.5 Å². The molecule has 9 heteroatoms. The first-order valence-electron chi connectivity index (χ1n) is 9.33. The van der Waals surface area contributed by atoms with Crippen LogP contribution >= 0.6 is 23.4 Å². The number of hydrogen-bond acceptors (Lipinski definition) is 7. The van der Waals surface area contributed by atoms with Crippen LogP contribution in [0.1, 0.15) is 5.56 Å². The van der Waals surface area contributed by atoms with E-state index in [1.165, 1.54) is 0 Å². The van der Waals surface area contributed by atoms with Crippen LogP contribution in [0.15, 0.2) is 47.5 Å². The molecule has 2 atom stereocenters. The van der Waals surface area contributed by atoms with E-state index in [0.29, 0.717) is 29.7 Å². The Morgan fingerprint density at radius 2 is 1.83 bits per heavy atom. The molecule has 3 heterocycles. The Labute approximate surface area is 178 Å². The summed E-state index contributed by atoms with van der Waals surface area (Å²) in [4.78, 5) is 6.83. The monoisotopic (exact) mass is 450 g/mol. The topological polar surface area (TPSA) is 68.2 Å². The lowest BCUT2D eigenvalue weighted by Crippen LogP contribution is -2.39. The first kappa shape index (κ1) is 19.1. The second kappa shape index (κ2) is 7.41. The number of fused-ring (bicyclic) bond motifs is 2. The van der Waals surface area contributed by atoms with Crippen molar-refractivity contribution in [3.63, 3.8) is 0 Å². The minimum Gasteiger partial charge on any atom is -0.486 e. The maximum atomic E-state index is 12.2. The summed E-state index contributed by atoms with van der Waals surface area (Å²) in [5, 5.41) is 1.54. The molecule has 0 spiro atoms. The van der Waals surface area contributed by atoms with Gasteiger partial charge >= 0.3 is 0 Å². The summed E-state index contributed by atoms with van der Waals surface area (Å²) in [6.07, 6.45) is 0. The molecule has 29 heavy (non-hydrogen) atoms. The zero-order valence-electron chi connectivity index (χ0n) is 15.5. The molecule has 5 rings (SSSR count). The molecular formula is C20H19ClN2O4S2. The van der Waals surface area contributed by atoms with Crippen LogP contribution in [0.3, 0.4) is 0 Å². The van der Waals surface area contributed by atoms with Crippen LogP contribution < -0.4 is 14.4 Å². The number of sulfone groups is 1. The summed E-state index contributed by atoms with van der Waals surface area (Å²) in [5.41, 5.74) is 2.01. The molecule has 2 aromatic rings. The molecule has 1 fully saturated rings. The van der Waals surface area contributed by atoms with Gasteiger partial charge in [0.05, 0.1) is 23.6 Å². The van der Waals surface area contributed by atoms with E-state index >= 15 is 0 Å². The Morgan fingerprint density at radius 3 is 2.62 bits per heavy atom. The molecule has 1 saturated heterocycles. The molecule has 0 bridgehead atoms. The molecule has 2 aromatic carbocycles. The van der Waals surface area contributed by atoms with E-state index in [4.69, 9.17) is 26.1 Å². The van der Waals surface area contributed by atoms with Gasteiger partial charge in [-0.3, -0.25) is 4.99 Å². The highest BCUT2D eigenvalue weighted by Crippen LogP contribution is 2.40.